The maximum Gasteiger partial charge on any atom is 0.261 e. The van der Waals surface area contributed by atoms with E-state index in [1.54, 1.807) is 11.8 Å². The van der Waals surface area contributed by atoms with Crippen LogP contribution in [0.1, 0.15) is 30.5 Å². The molecule has 0 saturated carbocycles. The van der Waals surface area contributed by atoms with Crippen LogP contribution in [0.3, 0.4) is 0 Å². The molecule has 1 N–H and O–H groups in total. The highest BCUT2D eigenvalue weighted by atomic mass is 16.5. The molecule has 2 rings (SSSR count). The fraction of sp³-hybridized carbons (Fsp3) is 0.364. The van der Waals surface area contributed by atoms with Crippen LogP contribution in [-0.2, 0) is 16.1 Å². The maximum atomic E-state index is 12.8. The Hall–Kier alpha value is -2.82. The molecule has 0 bridgehead atoms. The van der Waals surface area contributed by atoms with Gasteiger partial charge in [0.25, 0.3) is 5.91 Å². The number of hydrogen-bond donors (Lipinski definition) is 1. The predicted molar refractivity (Wildman–Crippen MR) is 107 cm³/mol. The largest absolute Gasteiger partial charge is 0.484 e. The average molecular weight is 368 g/mol. The number of aryl methyl sites for hydroxylation is 2. The van der Waals surface area contributed by atoms with Crippen LogP contribution in [0.4, 0.5) is 0 Å². The smallest absolute Gasteiger partial charge is 0.261 e. The third-order valence-corrected chi connectivity index (χ3v) is 4.38. The van der Waals surface area contributed by atoms with E-state index in [2.05, 4.69) is 5.32 Å². The quantitative estimate of drug-likeness (QED) is 0.778. The standard InChI is InChI=1S/C22H28N2O3/c1-5-23-22(26)18(4)24(14-19-10-6-16(2)7-11-19)21(25)15-27-20-12-8-17(3)9-13-20/h6-13,18H,5,14-15H2,1-4H3,(H,23,26)/t18-/m0/s1. The van der Waals surface area contributed by atoms with Crippen LogP contribution < -0.4 is 10.1 Å². The first-order valence-corrected chi connectivity index (χ1v) is 9.23. The first kappa shape index (κ1) is 20.5. The second-order valence-corrected chi connectivity index (χ2v) is 6.68. The van der Waals surface area contributed by atoms with Gasteiger partial charge in [-0.25, -0.2) is 0 Å². The van der Waals surface area contributed by atoms with E-state index in [1.165, 1.54) is 0 Å². The van der Waals surface area contributed by atoms with Gasteiger partial charge in [0, 0.05) is 13.1 Å². The molecule has 144 valence electrons. The number of nitrogens with zero attached hydrogens (tertiary/aromatic N) is 1. The third kappa shape index (κ3) is 6.13. The molecular formula is C22H28N2O3. The highest BCUT2D eigenvalue weighted by molar-refractivity contribution is 5.87. The van der Waals surface area contributed by atoms with Crippen molar-refractivity contribution in [2.75, 3.05) is 13.2 Å². The Morgan fingerprint density at radius 1 is 1.00 bits per heavy atom. The van der Waals surface area contributed by atoms with E-state index in [-0.39, 0.29) is 18.4 Å². The summed E-state index contributed by atoms with van der Waals surface area (Å²) in [6, 6.07) is 14.9. The van der Waals surface area contributed by atoms with Gasteiger partial charge in [0.2, 0.25) is 5.91 Å². The third-order valence-electron chi connectivity index (χ3n) is 4.38. The lowest BCUT2D eigenvalue weighted by atomic mass is 10.1. The average Bonchev–Trinajstić information content (AvgIpc) is 2.66. The molecule has 0 aliphatic rings. The molecule has 1 atom stereocenters. The molecule has 0 unspecified atom stereocenters. The number of rotatable bonds is 8. The predicted octanol–water partition coefficient (Wildman–Crippen LogP) is 3.24. The van der Waals surface area contributed by atoms with Crippen LogP contribution in [0, 0.1) is 13.8 Å². The second-order valence-electron chi connectivity index (χ2n) is 6.68. The van der Waals surface area contributed by atoms with Gasteiger partial charge in [-0.1, -0.05) is 47.5 Å². The van der Waals surface area contributed by atoms with Gasteiger partial charge in [-0.05, 0) is 45.4 Å². The van der Waals surface area contributed by atoms with Crippen molar-refractivity contribution in [3.8, 4) is 5.75 Å². The molecule has 0 radical (unpaired) electrons. The first-order valence-electron chi connectivity index (χ1n) is 9.23. The summed E-state index contributed by atoms with van der Waals surface area (Å²) < 4.78 is 5.63. The molecule has 2 aromatic carbocycles. The normalized spacial score (nSPS) is 11.6. The molecule has 27 heavy (non-hydrogen) atoms. The van der Waals surface area contributed by atoms with Gasteiger partial charge < -0.3 is 15.0 Å². The highest BCUT2D eigenvalue weighted by Gasteiger charge is 2.26. The van der Waals surface area contributed by atoms with Gasteiger partial charge in [0.05, 0.1) is 0 Å². The molecule has 0 aliphatic heterocycles. The summed E-state index contributed by atoms with van der Waals surface area (Å²) in [6.45, 7) is 8.37. The van der Waals surface area contributed by atoms with E-state index >= 15 is 0 Å². The Morgan fingerprint density at radius 2 is 1.56 bits per heavy atom. The van der Waals surface area contributed by atoms with E-state index in [0.29, 0.717) is 18.8 Å². The fourth-order valence-corrected chi connectivity index (χ4v) is 2.66. The lowest BCUT2D eigenvalue weighted by molar-refractivity contribution is -0.142. The molecule has 5 heteroatoms. The molecule has 2 aromatic rings. The minimum Gasteiger partial charge on any atom is -0.484 e. The summed E-state index contributed by atoms with van der Waals surface area (Å²) in [7, 11) is 0. The Kier molecular flexibility index (Phi) is 7.41. The van der Waals surface area contributed by atoms with Crippen LogP contribution >= 0.6 is 0 Å². The summed E-state index contributed by atoms with van der Waals surface area (Å²) in [4.78, 5) is 26.7. The minimum absolute atomic E-state index is 0.112. The molecule has 0 aromatic heterocycles. The summed E-state index contributed by atoms with van der Waals surface area (Å²) in [5.41, 5.74) is 3.25. The van der Waals surface area contributed by atoms with Crippen molar-refractivity contribution in [3.63, 3.8) is 0 Å². The highest BCUT2D eigenvalue weighted by Crippen LogP contribution is 2.14. The summed E-state index contributed by atoms with van der Waals surface area (Å²) in [6.07, 6.45) is 0. The first-order chi connectivity index (χ1) is 12.9. The molecule has 0 spiro atoms. The molecule has 5 nitrogen and oxygen atoms in total. The van der Waals surface area contributed by atoms with Crippen molar-refractivity contribution in [2.45, 2.75) is 40.3 Å². The zero-order valence-electron chi connectivity index (χ0n) is 16.5. The Morgan fingerprint density at radius 3 is 2.11 bits per heavy atom. The van der Waals surface area contributed by atoms with Gasteiger partial charge in [-0.3, -0.25) is 9.59 Å². The second kappa shape index (κ2) is 9.76. The van der Waals surface area contributed by atoms with Gasteiger partial charge in [0.15, 0.2) is 6.61 Å². The molecular weight excluding hydrogens is 340 g/mol. The molecule has 2 amide bonds. The number of ether oxygens (including phenoxy) is 1. The Labute approximate surface area is 161 Å². The van der Waals surface area contributed by atoms with Crippen molar-refractivity contribution in [1.82, 2.24) is 10.2 Å². The number of hydrogen-bond acceptors (Lipinski definition) is 3. The number of nitrogens with one attached hydrogen (secondary N) is 1. The van der Waals surface area contributed by atoms with E-state index in [9.17, 15) is 9.59 Å². The lowest BCUT2D eigenvalue weighted by Gasteiger charge is -2.28. The van der Waals surface area contributed by atoms with Crippen molar-refractivity contribution >= 4 is 11.8 Å². The van der Waals surface area contributed by atoms with Crippen molar-refractivity contribution < 1.29 is 14.3 Å². The van der Waals surface area contributed by atoms with Gasteiger partial charge >= 0.3 is 0 Å². The van der Waals surface area contributed by atoms with E-state index < -0.39 is 6.04 Å². The zero-order valence-corrected chi connectivity index (χ0v) is 16.5. The monoisotopic (exact) mass is 368 g/mol. The van der Waals surface area contributed by atoms with Crippen LogP contribution in [0.5, 0.6) is 5.75 Å². The van der Waals surface area contributed by atoms with Gasteiger partial charge in [0.1, 0.15) is 11.8 Å². The molecule has 0 heterocycles. The summed E-state index contributed by atoms with van der Waals surface area (Å²) >= 11 is 0. The SMILES string of the molecule is CCNC(=O)[C@H](C)N(Cc1ccc(C)cc1)C(=O)COc1ccc(C)cc1. The van der Waals surface area contributed by atoms with Gasteiger partial charge in [-0.2, -0.15) is 0 Å². The molecule has 0 saturated heterocycles. The molecule has 0 fully saturated rings. The number of benzene rings is 2. The number of carbonyl (C=O) groups excluding carboxylic acids is 2. The Balaban J connectivity index is 2.11. The fourth-order valence-electron chi connectivity index (χ4n) is 2.66. The maximum absolute atomic E-state index is 12.8. The molecule has 0 aliphatic carbocycles. The van der Waals surface area contributed by atoms with Crippen LogP contribution in [0.2, 0.25) is 0 Å². The van der Waals surface area contributed by atoms with Crippen molar-refractivity contribution in [3.05, 3.63) is 65.2 Å². The van der Waals surface area contributed by atoms with Crippen molar-refractivity contribution in [1.29, 1.82) is 0 Å². The topological polar surface area (TPSA) is 58.6 Å². The minimum atomic E-state index is -0.583. The van der Waals surface area contributed by atoms with E-state index in [0.717, 1.165) is 16.7 Å². The van der Waals surface area contributed by atoms with Crippen LogP contribution in [0.25, 0.3) is 0 Å². The van der Waals surface area contributed by atoms with E-state index in [1.807, 2.05) is 69.3 Å². The Bertz CT molecular complexity index is 754. The number of amides is 2. The summed E-state index contributed by atoms with van der Waals surface area (Å²) in [5.74, 6) is 0.234. The van der Waals surface area contributed by atoms with Gasteiger partial charge in [-0.15, -0.1) is 0 Å². The van der Waals surface area contributed by atoms with Crippen LogP contribution in [-0.4, -0.2) is 35.9 Å². The lowest BCUT2D eigenvalue weighted by Crippen LogP contribution is -2.49. The number of likely N-dealkylation sites (N-methyl/N-ethyl adjacent to an activating group) is 1. The van der Waals surface area contributed by atoms with E-state index in [4.69, 9.17) is 4.74 Å². The number of carbonyl (C=O) groups is 2. The van der Waals surface area contributed by atoms with Crippen molar-refractivity contribution in [2.24, 2.45) is 0 Å². The van der Waals surface area contributed by atoms with Crippen LogP contribution in [0.15, 0.2) is 48.5 Å². The summed E-state index contributed by atoms with van der Waals surface area (Å²) in [5, 5.41) is 2.78. The zero-order chi connectivity index (χ0) is 19.8.